The van der Waals surface area contributed by atoms with Crippen LogP contribution in [0.2, 0.25) is 0 Å². The minimum absolute atomic E-state index is 0.0269. The summed E-state index contributed by atoms with van der Waals surface area (Å²) in [5.74, 6) is -0.887. The van der Waals surface area contributed by atoms with E-state index in [1.807, 2.05) is 13.0 Å². The molecule has 0 aromatic heterocycles. The van der Waals surface area contributed by atoms with Gasteiger partial charge in [0.25, 0.3) is 0 Å². The smallest absolute Gasteiger partial charge is 0.336 e. The van der Waals surface area contributed by atoms with Crippen LogP contribution in [0.15, 0.2) is 46.8 Å². The molecule has 0 saturated carbocycles. The normalized spacial score (nSPS) is 25.8. The first-order chi connectivity index (χ1) is 14.2. The number of ketones is 1. The van der Waals surface area contributed by atoms with Gasteiger partial charge in [-0.25, -0.2) is 4.79 Å². The van der Waals surface area contributed by atoms with Gasteiger partial charge in [-0.15, -0.1) is 0 Å². The summed E-state index contributed by atoms with van der Waals surface area (Å²) in [7, 11) is 0. The van der Waals surface area contributed by atoms with Crippen LogP contribution in [-0.2, 0) is 19.1 Å². The number of phenolic OH excluding ortho intramolecular Hbond substituents is 1. The molecule has 2 atom stereocenters. The van der Waals surface area contributed by atoms with E-state index < -0.39 is 11.9 Å². The van der Waals surface area contributed by atoms with E-state index >= 15 is 0 Å². The summed E-state index contributed by atoms with van der Waals surface area (Å²) in [5, 5.41) is 13.4. The molecule has 0 bridgehead atoms. The lowest BCUT2D eigenvalue weighted by molar-refractivity contribution is -0.142. The Kier molecular flexibility index (Phi) is 5.45. The molecule has 2 heterocycles. The number of hydrogen-bond acceptors (Lipinski definition) is 6. The second-order valence-corrected chi connectivity index (χ2v) is 9.26. The van der Waals surface area contributed by atoms with Crippen molar-refractivity contribution in [1.29, 1.82) is 0 Å². The number of esters is 1. The van der Waals surface area contributed by atoms with Crippen molar-refractivity contribution >= 4 is 11.8 Å². The number of aromatic hydroxyl groups is 1. The van der Waals surface area contributed by atoms with Gasteiger partial charge >= 0.3 is 5.97 Å². The maximum atomic E-state index is 13.2. The van der Waals surface area contributed by atoms with E-state index in [0.717, 1.165) is 25.0 Å². The van der Waals surface area contributed by atoms with Gasteiger partial charge in [-0.1, -0.05) is 26.0 Å². The van der Waals surface area contributed by atoms with Crippen molar-refractivity contribution < 1.29 is 24.2 Å². The molecule has 0 radical (unpaired) electrons. The van der Waals surface area contributed by atoms with Gasteiger partial charge in [-0.3, -0.25) is 4.79 Å². The predicted octanol–water partition coefficient (Wildman–Crippen LogP) is 3.72. The summed E-state index contributed by atoms with van der Waals surface area (Å²) in [6, 6.07) is 6.77. The maximum absolute atomic E-state index is 13.2. The Hall–Kier alpha value is -2.60. The number of carbonyl (C=O) groups excluding carboxylic acids is 2. The molecule has 0 unspecified atom stereocenters. The Labute approximate surface area is 176 Å². The molecule has 1 aromatic rings. The fourth-order valence-corrected chi connectivity index (χ4v) is 4.77. The molecule has 0 spiro atoms. The highest BCUT2D eigenvalue weighted by atomic mass is 16.6. The van der Waals surface area contributed by atoms with Gasteiger partial charge in [0.1, 0.15) is 12.4 Å². The number of dihydropyridines is 1. The van der Waals surface area contributed by atoms with Crippen LogP contribution in [0.3, 0.4) is 0 Å². The number of ether oxygens (including phenoxy) is 2. The van der Waals surface area contributed by atoms with Crippen molar-refractivity contribution in [2.75, 3.05) is 13.2 Å². The molecule has 30 heavy (non-hydrogen) atoms. The third-order valence-electron chi connectivity index (χ3n) is 6.09. The van der Waals surface area contributed by atoms with Gasteiger partial charge in [0.05, 0.1) is 11.7 Å². The summed E-state index contributed by atoms with van der Waals surface area (Å²) in [5.41, 5.74) is 3.13. The number of Topliss-reactive ketones (excluding diaryl/α,β-unsaturated/α-hetero) is 1. The van der Waals surface area contributed by atoms with Crippen molar-refractivity contribution in [2.24, 2.45) is 5.41 Å². The lowest BCUT2D eigenvalue weighted by atomic mass is 9.68. The van der Waals surface area contributed by atoms with Crippen LogP contribution in [0.4, 0.5) is 0 Å². The average Bonchev–Trinajstić information content (AvgIpc) is 3.17. The highest BCUT2D eigenvalue weighted by Gasteiger charge is 2.43. The highest BCUT2D eigenvalue weighted by molar-refractivity contribution is 6.04. The standard InChI is InChI=1S/C24H29NO5/c1-14-20(23(28)30-13-17-8-5-9-29-17)21(15-6-4-7-16(26)10-15)22-18(25-14)11-24(2,3)12-19(22)27/h4,6-7,10,17,21,25-26H,5,8-9,11-13H2,1-3H3/t17-,21+/m1/s1. The predicted molar refractivity (Wildman–Crippen MR) is 112 cm³/mol. The molecule has 2 aliphatic heterocycles. The number of hydrogen-bond donors (Lipinski definition) is 2. The maximum Gasteiger partial charge on any atom is 0.336 e. The van der Waals surface area contributed by atoms with Crippen molar-refractivity contribution in [2.45, 2.75) is 58.5 Å². The van der Waals surface area contributed by atoms with Crippen LogP contribution in [0.1, 0.15) is 57.9 Å². The van der Waals surface area contributed by atoms with Crippen molar-refractivity contribution in [3.63, 3.8) is 0 Å². The van der Waals surface area contributed by atoms with Gasteiger partial charge < -0.3 is 19.9 Å². The summed E-state index contributed by atoms with van der Waals surface area (Å²) in [6.07, 6.45) is 2.91. The summed E-state index contributed by atoms with van der Waals surface area (Å²) >= 11 is 0. The van der Waals surface area contributed by atoms with Gasteiger partial charge in [0, 0.05) is 35.9 Å². The van der Waals surface area contributed by atoms with Crippen LogP contribution >= 0.6 is 0 Å². The van der Waals surface area contributed by atoms with E-state index in [1.54, 1.807) is 18.2 Å². The molecule has 1 aliphatic carbocycles. The third-order valence-corrected chi connectivity index (χ3v) is 6.09. The second-order valence-electron chi connectivity index (χ2n) is 9.26. The lowest BCUT2D eigenvalue weighted by Gasteiger charge is -2.39. The fourth-order valence-electron chi connectivity index (χ4n) is 4.77. The molecular weight excluding hydrogens is 382 g/mol. The largest absolute Gasteiger partial charge is 0.508 e. The molecule has 2 N–H and O–H groups in total. The van der Waals surface area contributed by atoms with E-state index in [-0.39, 0.29) is 29.7 Å². The minimum atomic E-state index is -0.561. The molecule has 1 saturated heterocycles. The highest BCUT2D eigenvalue weighted by Crippen LogP contribution is 2.47. The first-order valence-electron chi connectivity index (χ1n) is 10.6. The Balaban J connectivity index is 1.72. The number of benzene rings is 1. The van der Waals surface area contributed by atoms with Crippen LogP contribution in [0.25, 0.3) is 0 Å². The number of phenols is 1. The quantitative estimate of drug-likeness (QED) is 0.735. The van der Waals surface area contributed by atoms with Gasteiger partial charge in [-0.2, -0.15) is 0 Å². The van der Waals surface area contributed by atoms with Crippen molar-refractivity contribution in [1.82, 2.24) is 5.32 Å². The fraction of sp³-hybridized carbons (Fsp3) is 0.500. The summed E-state index contributed by atoms with van der Waals surface area (Å²) in [6.45, 7) is 6.88. The molecule has 6 nitrogen and oxygen atoms in total. The van der Waals surface area contributed by atoms with Gasteiger partial charge in [0.15, 0.2) is 5.78 Å². The third kappa shape index (κ3) is 4.01. The van der Waals surface area contributed by atoms with Crippen LogP contribution in [-0.4, -0.2) is 36.2 Å². The monoisotopic (exact) mass is 411 g/mol. The lowest BCUT2D eigenvalue weighted by Crippen LogP contribution is -2.39. The first-order valence-corrected chi connectivity index (χ1v) is 10.6. The zero-order valence-electron chi connectivity index (χ0n) is 17.8. The number of nitrogens with one attached hydrogen (secondary N) is 1. The average molecular weight is 411 g/mol. The topological polar surface area (TPSA) is 84.9 Å². The second kappa shape index (κ2) is 7.91. The molecule has 3 aliphatic rings. The Bertz CT molecular complexity index is 937. The van der Waals surface area contributed by atoms with E-state index in [4.69, 9.17) is 9.47 Å². The van der Waals surface area contributed by atoms with E-state index in [1.165, 1.54) is 0 Å². The molecular formula is C24H29NO5. The number of allylic oxidation sites excluding steroid dienone is 3. The summed E-state index contributed by atoms with van der Waals surface area (Å²) < 4.78 is 11.2. The molecule has 160 valence electrons. The van der Waals surface area contributed by atoms with Crippen molar-refractivity contribution in [3.8, 4) is 5.75 Å². The van der Waals surface area contributed by atoms with Crippen LogP contribution in [0.5, 0.6) is 5.75 Å². The molecule has 4 rings (SSSR count). The zero-order valence-corrected chi connectivity index (χ0v) is 17.8. The zero-order chi connectivity index (χ0) is 21.5. The Morgan fingerprint density at radius 1 is 1.33 bits per heavy atom. The molecule has 1 fully saturated rings. The first kappa shape index (κ1) is 20.7. The molecule has 1 aromatic carbocycles. The van der Waals surface area contributed by atoms with Crippen LogP contribution in [0, 0.1) is 5.41 Å². The van der Waals surface area contributed by atoms with E-state index in [0.29, 0.717) is 35.4 Å². The number of rotatable bonds is 4. The van der Waals surface area contributed by atoms with Crippen molar-refractivity contribution in [3.05, 3.63) is 52.4 Å². The molecule has 0 amide bonds. The van der Waals surface area contributed by atoms with E-state index in [9.17, 15) is 14.7 Å². The van der Waals surface area contributed by atoms with Crippen LogP contribution < -0.4 is 5.32 Å². The van der Waals surface area contributed by atoms with Gasteiger partial charge in [0.2, 0.25) is 0 Å². The SMILES string of the molecule is CC1=C(C(=O)OC[C@H]2CCCO2)[C@H](c2cccc(O)c2)C2=C(CC(C)(C)CC2=O)N1. The Morgan fingerprint density at radius 3 is 2.83 bits per heavy atom. The summed E-state index contributed by atoms with van der Waals surface area (Å²) in [4.78, 5) is 26.4. The molecule has 6 heteroatoms. The van der Waals surface area contributed by atoms with Gasteiger partial charge in [-0.05, 0) is 49.3 Å². The number of carbonyl (C=O) groups is 2. The minimum Gasteiger partial charge on any atom is -0.508 e. The van der Waals surface area contributed by atoms with E-state index in [2.05, 4.69) is 19.2 Å². The Morgan fingerprint density at radius 2 is 2.13 bits per heavy atom.